The van der Waals surface area contributed by atoms with Crippen LogP contribution >= 0.6 is 11.8 Å². The van der Waals surface area contributed by atoms with E-state index in [1.165, 1.54) is 11.8 Å². The van der Waals surface area contributed by atoms with Gasteiger partial charge < -0.3 is 5.11 Å². The number of sulfone groups is 1. The van der Waals surface area contributed by atoms with E-state index in [0.29, 0.717) is 5.57 Å². The molecule has 0 radical (unpaired) electrons. The summed E-state index contributed by atoms with van der Waals surface area (Å²) in [5.74, 6) is 0.311. The lowest BCUT2D eigenvalue weighted by Gasteiger charge is -2.19. The standard InChI is InChI=1S/C8H10O3S2/c1-5-4-6-7(9)2-3-13(10,11)8(6)12-5/h4,8-9H,2-3H2,1H3/t8-/m0/s1. The molecule has 0 bridgehead atoms. The first-order chi connectivity index (χ1) is 6.00. The number of hydrogen-bond donors (Lipinski definition) is 1. The largest absolute Gasteiger partial charge is 0.512 e. The van der Waals surface area contributed by atoms with Crippen molar-refractivity contribution in [3.63, 3.8) is 0 Å². The van der Waals surface area contributed by atoms with Gasteiger partial charge in [0.05, 0.1) is 11.5 Å². The molecule has 0 amide bonds. The van der Waals surface area contributed by atoms with Gasteiger partial charge in [-0.15, -0.1) is 11.8 Å². The van der Waals surface area contributed by atoms with Crippen LogP contribution in [-0.4, -0.2) is 23.9 Å². The Balaban J connectivity index is 2.52. The molecule has 72 valence electrons. The van der Waals surface area contributed by atoms with Crippen LogP contribution in [0.3, 0.4) is 0 Å². The SMILES string of the molecule is CC1=CC2=C(O)CCS(=O)(=O)[C@@H]2S1. The number of allylic oxidation sites excluding steroid dienone is 3. The van der Waals surface area contributed by atoms with Crippen molar-refractivity contribution in [2.45, 2.75) is 17.9 Å². The Kier molecular flexibility index (Phi) is 1.96. The van der Waals surface area contributed by atoms with Gasteiger partial charge in [0.2, 0.25) is 0 Å². The normalized spacial score (nSPS) is 31.5. The van der Waals surface area contributed by atoms with Gasteiger partial charge in [-0.1, -0.05) is 0 Å². The average Bonchev–Trinajstić information content (AvgIpc) is 2.42. The van der Waals surface area contributed by atoms with Gasteiger partial charge in [0.25, 0.3) is 0 Å². The van der Waals surface area contributed by atoms with Crippen LogP contribution in [0, 0.1) is 0 Å². The maximum Gasteiger partial charge on any atom is 0.167 e. The van der Waals surface area contributed by atoms with Gasteiger partial charge in [0, 0.05) is 12.0 Å². The Morgan fingerprint density at radius 1 is 1.62 bits per heavy atom. The molecule has 1 atom stereocenters. The highest BCUT2D eigenvalue weighted by atomic mass is 32.3. The molecule has 0 unspecified atom stereocenters. The fraction of sp³-hybridized carbons (Fsp3) is 0.500. The van der Waals surface area contributed by atoms with E-state index in [1.54, 1.807) is 6.08 Å². The molecule has 5 heteroatoms. The number of fused-ring (bicyclic) bond motifs is 1. The molecule has 0 spiro atoms. The molecule has 0 aromatic carbocycles. The maximum absolute atomic E-state index is 11.6. The van der Waals surface area contributed by atoms with Crippen molar-refractivity contribution in [2.24, 2.45) is 0 Å². The van der Waals surface area contributed by atoms with Gasteiger partial charge in [0.15, 0.2) is 9.84 Å². The van der Waals surface area contributed by atoms with Crippen LogP contribution < -0.4 is 0 Å². The Labute approximate surface area is 81.4 Å². The fourth-order valence-corrected chi connectivity index (χ4v) is 5.01. The van der Waals surface area contributed by atoms with Crippen molar-refractivity contribution in [3.05, 3.63) is 22.3 Å². The second kappa shape index (κ2) is 2.78. The predicted molar refractivity (Wildman–Crippen MR) is 53.2 cm³/mol. The van der Waals surface area contributed by atoms with Gasteiger partial charge in [0.1, 0.15) is 4.58 Å². The quantitative estimate of drug-likeness (QED) is 0.671. The summed E-state index contributed by atoms with van der Waals surface area (Å²) in [6.45, 7) is 1.86. The second-order valence-electron chi connectivity index (χ2n) is 3.22. The van der Waals surface area contributed by atoms with E-state index in [1.807, 2.05) is 6.92 Å². The summed E-state index contributed by atoms with van der Waals surface area (Å²) in [6.07, 6.45) is 2.03. The summed E-state index contributed by atoms with van der Waals surface area (Å²) in [4.78, 5) is 0.956. The van der Waals surface area contributed by atoms with Crippen LogP contribution in [0.4, 0.5) is 0 Å². The molecule has 1 N–H and O–H groups in total. The van der Waals surface area contributed by atoms with E-state index in [0.717, 1.165) is 4.91 Å². The van der Waals surface area contributed by atoms with E-state index >= 15 is 0 Å². The molecular weight excluding hydrogens is 208 g/mol. The van der Waals surface area contributed by atoms with Gasteiger partial charge in [-0.25, -0.2) is 8.42 Å². The molecule has 2 aliphatic heterocycles. The van der Waals surface area contributed by atoms with E-state index in [-0.39, 0.29) is 17.9 Å². The van der Waals surface area contributed by atoms with Gasteiger partial charge in [-0.05, 0) is 17.9 Å². The summed E-state index contributed by atoms with van der Waals surface area (Å²) in [7, 11) is -3.03. The number of aliphatic hydroxyl groups excluding tert-OH is 1. The highest BCUT2D eigenvalue weighted by Crippen LogP contribution is 2.43. The zero-order valence-electron chi connectivity index (χ0n) is 7.15. The molecule has 0 aromatic heterocycles. The van der Waals surface area contributed by atoms with Gasteiger partial charge in [-0.2, -0.15) is 0 Å². The highest BCUT2D eigenvalue weighted by Gasteiger charge is 2.38. The number of hydrogen-bond acceptors (Lipinski definition) is 4. The number of thioether (sulfide) groups is 1. The Hall–Kier alpha value is -0.420. The summed E-state index contributed by atoms with van der Waals surface area (Å²) < 4.78 is 22.6. The van der Waals surface area contributed by atoms with Gasteiger partial charge >= 0.3 is 0 Å². The van der Waals surface area contributed by atoms with Crippen molar-refractivity contribution in [3.8, 4) is 0 Å². The third-order valence-electron chi connectivity index (χ3n) is 2.19. The monoisotopic (exact) mass is 218 g/mol. The van der Waals surface area contributed by atoms with Crippen LogP contribution in [-0.2, 0) is 9.84 Å². The lowest BCUT2D eigenvalue weighted by atomic mass is 10.2. The lowest BCUT2D eigenvalue weighted by Crippen LogP contribution is -2.26. The van der Waals surface area contributed by atoms with Crippen molar-refractivity contribution < 1.29 is 13.5 Å². The van der Waals surface area contributed by atoms with E-state index in [2.05, 4.69) is 0 Å². The summed E-state index contributed by atoms with van der Waals surface area (Å²) in [5.41, 5.74) is 0.591. The van der Waals surface area contributed by atoms with Crippen molar-refractivity contribution >= 4 is 21.6 Å². The van der Waals surface area contributed by atoms with E-state index < -0.39 is 14.4 Å². The Morgan fingerprint density at radius 3 is 2.92 bits per heavy atom. The molecule has 0 aromatic rings. The van der Waals surface area contributed by atoms with Crippen LogP contribution in [0.15, 0.2) is 22.3 Å². The fourth-order valence-electron chi connectivity index (χ4n) is 1.53. The molecule has 2 aliphatic rings. The molecule has 2 heterocycles. The van der Waals surface area contributed by atoms with Crippen LogP contribution in [0.25, 0.3) is 0 Å². The first-order valence-electron chi connectivity index (χ1n) is 3.99. The molecule has 0 saturated carbocycles. The van der Waals surface area contributed by atoms with Crippen LogP contribution in [0.2, 0.25) is 0 Å². The molecule has 2 rings (SSSR count). The molecule has 0 saturated heterocycles. The minimum Gasteiger partial charge on any atom is -0.512 e. The Bertz CT molecular complexity index is 403. The molecule has 13 heavy (non-hydrogen) atoms. The highest BCUT2D eigenvalue weighted by molar-refractivity contribution is 8.16. The molecule has 0 aliphatic carbocycles. The van der Waals surface area contributed by atoms with Crippen LogP contribution in [0.5, 0.6) is 0 Å². The van der Waals surface area contributed by atoms with Crippen LogP contribution in [0.1, 0.15) is 13.3 Å². The van der Waals surface area contributed by atoms with E-state index in [4.69, 9.17) is 0 Å². The van der Waals surface area contributed by atoms with E-state index in [9.17, 15) is 13.5 Å². The molecule has 3 nitrogen and oxygen atoms in total. The minimum atomic E-state index is -3.03. The minimum absolute atomic E-state index is 0.0706. The second-order valence-corrected chi connectivity index (χ2v) is 7.08. The first-order valence-corrected chi connectivity index (χ1v) is 6.59. The summed E-state index contributed by atoms with van der Waals surface area (Å²) in [5, 5.41) is 9.49. The zero-order chi connectivity index (χ0) is 9.64. The first kappa shape index (κ1) is 9.15. The van der Waals surface area contributed by atoms with Gasteiger partial charge in [-0.3, -0.25) is 0 Å². The number of aliphatic hydroxyl groups is 1. The van der Waals surface area contributed by atoms with Crippen molar-refractivity contribution in [2.75, 3.05) is 5.75 Å². The average molecular weight is 218 g/mol. The number of rotatable bonds is 0. The summed E-state index contributed by atoms with van der Waals surface area (Å²) >= 11 is 1.32. The Morgan fingerprint density at radius 2 is 2.31 bits per heavy atom. The smallest absolute Gasteiger partial charge is 0.167 e. The third kappa shape index (κ3) is 1.40. The third-order valence-corrected chi connectivity index (χ3v) is 5.99. The molecular formula is C8H10O3S2. The summed E-state index contributed by atoms with van der Waals surface area (Å²) in [6, 6.07) is 0. The zero-order valence-corrected chi connectivity index (χ0v) is 8.78. The lowest BCUT2D eigenvalue weighted by molar-refractivity contribution is 0.386. The predicted octanol–water partition coefficient (Wildman–Crippen LogP) is 1.59. The van der Waals surface area contributed by atoms with Crippen molar-refractivity contribution in [1.29, 1.82) is 0 Å². The topological polar surface area (TPSA) is 54.4 Å². The van der Waals surface area contributed by atoms with Crippen molar-refractivity contribution in [1.82, 2.24) is 0 Å². The molecule has 0 fully saturated rings. The maximum atomic E-state index is 11.6.